The summed E-state index contributed by atoms with van der Waals surface area (Å²) >= 11 is 63.9. The Balaban J connectivity index is 1.32. The molecular weight excluding hydrogens is 851 g/mol. The number of carbonyl (C=O) groups is 5. The van der Waals surface area contributed by atoms with E-state index in [0.29, 0.717) is 15.0 Å². The zero-order chi connectivity index (χ0) is 36.0. The van der Waals surface area contributed by atoms with Gasteiger partial charge < -0.3 is 4.74 Å². The van der Waals surface area contributed by atoms with Gasteiger partial charge in [0.25, 0.3) is 17.7 Å². The molecule has 2 bridgehead atoms. The topological polar surface area (TPSA) is 101 Å². The number of rotatable bonds is 7. The number of hydrogen-bond acceptors (Lipinski definition) is 6. The molecule has 1 heterocycles. The van der Waals surface area contributed by atoms with Gasteiger partial charge in [-0.05, 0) is 60.7 Å². The van der Waals surface area contributed by atoms with Gasteiger partial charge in [-0.2, -0.15) is 5.01 Å². The Kier molecular flexibility index (Phi) is 9.71. The summed E-state index contributed by atoms with van der Waals surface area (Å²) in [4.78, 5) is 64.2. The molecule has 0 spiro atoms. The van der Waals surface area contributed by atoms with Gasteiger partial charge in [0.1, 0.15) is 22.0 Å². The highest BCUT2D eigenvalue weighted by atomic mass is 35.5. The summed E-state index contributed by atoms with van der Waals surface area (Å²) in [6, 6.07) is 13.3. The Bertz CT molecular complexity index is 1990. The van der Waals surface area contributed by atoms with E-state index in [1.807, 2.05) is 0 Å². The van der Waals surface area contributed by atoms with Crippen LogP contribution in [0.5, 0.6) is 5.75 Å². The van der Waals surface area contributed by atoms with Gasteiger partial charge in [-0.15, -0.1) is 23.2 Å². The number of nitrogens with zero attached hydrogens (tertiary/aromatic N) is 2. The van der Waals surface area contributed by atoms with E-state index >= 15 is 0 Å². The molecule has 254 valence electrons. The van der Waals surface area contributed by atoms with Gasteiger partial charge in [0.15, 0.2) is 10.1 Å². The van der Waals surface area contributed by atoms with E-state index < -0.39 is 61.9 Å². The molecule has 1 saturated heterocycles. The number of ether oxygens (including phenoxy) is 1. The Labute approximate surface area is 327 Å². The second-order valence-corrected chi connectivity index (χ2v) is 16.0. The number of hydrazine groups is 1. The zero-order valence-electron chi connectivity index (χ0n) is 23.8. The zero-order valence-corrected chi connectivity index (χ0v) is 31.3. The number of amides is 3. The second kappa shape index (κ2) is 12.9. The van der Waals surface area contributed by atoms with Crippen LogP contribution < -0.4 is 4.74 Å². The average Bonchev–Trinajstić information content (AvgIpc) is 3.42. The van der Waals surface area contributed by atoms with Crippen molar-refractivity contribution in [2.45, 2.75) is 14.1 Å². The number of benzene rings is 3. The number of Topliss-reactive ketones (excluding diaryl/α,β-unsaturated/α-hetero) is 1. The number of hydrogen-bond donors (Lipinski definition) is 0. The lowest BCUT2D eigenvalue weighted by molar-refractivity contribution is -0.154. The van der Waals surface area contributed by atoms with Gasteiger partial charge in [-0.1, -0.05) is 92.8 Å². The normalized spacial score (nSPS) is 25.1. The Morgan fingerprint density at radius 2 is 1.16 bits per heavy atom. The summed E-state index contributed by atoms with van der Waals surface area (Å²) < 4.78 is 3.13. The molecule has 0 aromatic heterocycles. The molecule has 18 heteroatoms. The maximum atomic E-state index is 14.1. The highest BCUT2D eigenvalue weighted by Crippen LogP contribution is 2.77. The number of carbonyl (C=O) groups excluding carboxylic acids is 5. The SMILES string of the molecule is O=C(CN(C(=O)c1ccc(Cl)cc1Cl)N1C(=O)[C@@H]2[C@H](C1=O)[C@@]1(Cl)C(Cl)=C(Cl)[C@@]2(Cl)C1(Cl)Cl)c1ccc(OC(=O)c2ccc(Cl)cc2Cl)cc1. The van der Waals surface area contributed by atoms with E-state index in [9.17, 15) is 24.0 Å². The number of alkyl halides is 4. The number of halogens is 10. The maximum absolute atomic E-state index is 14.1. The molecule has 1 aliphatic heterocycles. The summed E-state index contributed by atoms with van der Waals surface area (Å²) in [6.07, 6.45) is 0. The Hall–Kier alpha value is -1.95. The van der Waals surface area contributed by atoms with Crippen molar-refractivity contribution >= 4 is 145 Å². The van der Waals surface area contributed by atoms with E-state index in [1.165, 1.54) is 60.7 Å². The third-order valence-electron chi connectivity index (χ3n) is 8.35. The van der Waals surface area contributed by atoms with Crippen LogP contribution in [0, 0.1) is 11.8 Å². The quantitative estimate of drug-likeness (QED) is 0.0773. The Morgan fingerprint density at radius 1 is 0.694 bits per heavy atom. The molecule has 8 nitrogen and oxygen atoms in total. The fourth-order valence-electron chi connectivity index (χ4n) is 6.01. The van der Waals surface area contributed by atoms with Crippen LogP contribution in [0.25, 0.3) is 0 Å². The number of ketones is 1. The molecule has 0 radical (unpaired) electrons. The molecule has 2 fully saturated rings. The van der Waals surface area contributed by atoms with Crippen molar-refractivity contribution in [2.24, 2.45) is 11.8 Å². The standard InChI is InChI=1S/C31H14Cl10N2O6/c32-13-3-7-16(18(34)9-13)25(45)42(43-26(46)21-22(27(43)47)30(39)24(37)23(36)29(21,38)31(30,40)41)11-20(44)12-1-5-15(6-2-12)49-28(48)17-8-4-14(33)10-19(17)35/h1-10,21-22H,11H2/t21-,22+,29-,30-/m1/s1. The van der Waals surface area contributed by atoms with Crippen LogP contribution in [0.2, 0.25) is 20.1 Å². The van der Waals surface area contributed by atoms with Gasteiger partial charge >= 0.3 is 5.97 Å². The fourth-order valence-corrected chi connectivity index (χ4v) is 9.91. The molecule has 1 saturated carbocycles. The Morgan fingerprint density at radius 3 is 1.63 bits per heavy atom. The molecule has 3 amide bonds. The predicted octanol–water partition coefficient (Wildman–Crippen LogP) is 9.21. The number of fused-ring (bicyclic) bond motifs is 5. The van der Waals surface area contributed by atoms with Gasteiger partial charge in [-0.25, -0.2) is 9.80 Å². The lowest BCUT2D eigenvalue weighted by Crippen LogP contribution is -2.56. The lowest BCUT2D eigenvalue weighted by atomic mass is 9.84. The minimum atomic E-state index is -2.22. The average molecular weight is 865 g/mol. The van der Waals surface area contributed by atoms with Crippen LogP contribution in [0.1, 0.15) is 31.1 Å². The number of allylic oxidation sites excluding steroid dienone is 2. The van der Waals surface area contributed by atoms with Gasteiger partial charge in [0.2, 0.25) is 0 Å². The van der Waals surface area contributed by atoms with E-state index in [1.54, 1.807) is 0 Å². The van der Waals surface area contributed by atoms with Crippen LogP contribution in [-0.4, -0.2) is 60.1 Å². The van der Waals surface area contributed by atoms with Crippen molar-refractivity contribution < 1.29 is 28.7 Å². The van der Waals surface area contributed by atoms with Crippen molar-refractivity contribution in [3.05, 3.63) is 108 Å². The second-order valence-electron chi connectivity index (χ2n) is 11.0. The van der Waals surface area contributed by atoms with E-state index in [0.717, 1.165) is 0 Å². The molecule has 0 N–H and O–H groups in total. The minimum Gasteiger partial charge on any atom is -0.423 e. The van der Waals surface area contributed by atoms with E-state index in [2.05, 4.69) is 0 Å². The predicted molar refractivity (Wildman–Crippen MR) is 189 cm³/mol. The van der Waals surface area contributed by atoms with Crippen LogP contribution >= 0.6 is 116 Å². The molecule has 49 heavy (non-hydrogen) atoms. The monoisotopic (exact) mass is 860 g/mol. The first-order valence-corrected chi connectivity index (χ1v) is 17.4. The van der Waals surface area contributed by atoms with Crippen molar-refractivity contribution in [3.8, 4) is 5.75 Å². The molecular formula is C31H14Cl10N2O6. The summed E-state index contributed by atoms with van der Waals surface area (Å²) in [5, 5.41) is 0.808. The highest BCUT2D eigenvalue weighted by molar-refractivity contribution is 6.67. The molecule has 3 aromatic rings. The summed E-state index contributed by atoms with van der Waals surface area (Å²) in [5.41, 5.74) is -0.156. The van der Waals surface area contributed by atoms with Crippen LogP contribution in [0.4, 0.5) is 0 Å². The van der Waals surface area contributed by atoms with Gasteiger partial charge in [-0.3, -0.25) is 19.2 Å². The first kappa shape index (κ1) is 36.8. The smallest absolute Gasteiger partial charge is 0.345 e. The van der Waals surface area contributed by atoms with Crippen molar-refractivity contribution in [2.75, 3.05) is 6.54 Å². The first-order chi connectivity index (χ1) is 22.9. The van der Waals surface area contributed by atoms with Gasteiger partial charge in [0, 0.05) is 15.6 Å². The van der Waals surface area contributed by atoms with Crippen LogP contribution in [0.3, 0.4) is 0 Å². The summed E-state index contributed by atoms with van der Waals surface area (Å²) in [7, 11) is 0. The molecule has 4 atom stereocenters. The number of imide groups is 1. The fraction of sp³-hybridized carbons (Fsp3) is 0.194. The van der Waals surface area contributed by atoms with E-state index in [-0.39, 0.29) is 47.6 Å². The molecule has 2 aliphatic carbocycles. The summed E-state index contributed by atoms with van der Waals surface area (Å²) in [5.74, 6) is -7.84. The van der Waals surface area contributed by atoms with E-state index in [4.69, 9.17) is 121 Å². The molecule has 0 unspecified atom stereocenters. The van der Waals surface area contributed by atoms with Crippen LogP contribution in [0.15, 0.2) is 70.7 Å². The third-order valence-corrected chi connectivity index (χ3v) is 13.7. The third kappa shape index (κ3) is 5.45. The summed E-state index contributed by atoms with van der Waals surface area (Å²) in [6.45, 7) is -0.874. The lowest BCUT2D eigenvalue weighted by Gasteiger charge is -2.36. The minimum absolute atomic E-state index is 0.000368. The van der Waals surface area contributed by atoms with Crippen LogP contribution in [-0.2, 0) is 9.59 Å². The number of esters is 1. The largest absolute Gasteiger partial charge is 0.423 e. The first-order valence-electron chi connectivity index (χ1n) is 13.6. The molecule has 3 aromatic carbocycles. The molecule has 6 rings (SSSR count). The van der Waals surface area contributed by atoms with Crippen molar-refractivity contribution in [1.82, 2.24) is 10.0 Å². The highest BCUT2D eigenvalue weighted by Gasteiger charge is 2.88. The van der Waals surface area contributed by atoms with Crippen molar-refractivity contribution in [1.29, 1.82) is 0 Å². The molecule has 3 aliphatic rings. The van der Waals surface area contributed by atoms with Crippen molar-refractivity contribution in [3.63, 3.8) is 0 Å². The van der Waals surface area contributed by atoms with Gasteiger partial charge in [0.05, 0.1) is 43.1 Å². The maximum Gasteiger partial charge on any atom is 0.345 e.